The molecule has 0 radical (unpaired) electrons. The Hall–Kier alpha value is -2.82. The third kappa shape index (κ3) is 13.0. The van der Waals surface area contributed by atoms with Crippen LogP contribution in [-0.4, -0.2) is 65.5 Å². The van der Waals surface area contributed by atoms with E-state index in [1.54, 1.807) is 11.3 Å². The van der Waals surface area contributed by atoms with Crippen molar-refractivity contribution in [2.24, 2.45) is 11.1 Å². The molecule has 2 heterocycles. The van der Waals surface area contributed by atoms with Crippen molar-refractivity contribution in [3.63, 3.8) is 0 Å². The maximum absolute atomic E-state index is 12.4. The summed E-state index contributed by atoms with van der Waals surface area (Å²) in [6.07, 6.45) is 6.15. The number of hydrogen-bond acceptors (Lipinski definition) is 7. The van der Waals surface area contributed by atoms with Crippen LogP contribution in [0, 0.1) is 12.3 Å². The SMILES string of the molecule is CC(C)(C)CNC=O.CCCCCCN.Cc1ncsc1-c1ccc(C(C)NC(=O)C2C[C@@H](O)CN2C=O)cc1. The monoisotopic (exact) mass is 575 g/mol. The first-order chi connectivity index (χ1) is 19.0. The maximum atomic E-state index is 12.4. The molecule has 224 valence electrons. The Morgan fingerprint density at radius 2 is 1.90 bits per heavy atom. The molecule has 0 aliphatic carbocycles. The molecule has 2 aromatic rings. The Morgan fingerprint density at radius 1 is 1.23 bits per heavy atom. The molecule has 0 spiro atoms. The average Bonchev–Trinajstić information content (AvgIpc) is 3.53. The number of likely N-dealkylation sites (tertiary alicyclic amines) is 1. The zero-order valence-corrected chi connectivity index (χ0v) is 25.8. The quantitative estimate of drug-likeness (QED) is 0.234. The molecule has 3 atom stereocenters. The zero-order chi connectivity index (χ0) is 30.1. The van der Waals surface area contributed by atoms with E-state index in [0.717, 1.165) is 41.2 Å². The molecule has 1 aromatic heterocycles. The highest BCUT2D eigenvalue weighted by Gasteiger charge is 2.35. The number of benzene rings is 1. The van der Waals surface area contributed by atoms with Gasteiger partial charge in [-0.3, -0.25) is 14.4 Å². The molecule has 1 saturated heterocycles. The minimum atomic E-state index is -0.641. The van der Waals surface area contributed by atoms with Crippen molar-refractivity contribution in [3.05, 3.63) is 41.0 Å². The second-order valence-corrected chi connectivity index (χ2v) is 12.1. The Morgan fingerprint density at radius 3 is 2.38 bits per heavy atom. The molecule has 0 bridgehead atoms. The number of aromatic nitrogens is 1. The van der Waals surface area contributed by atoms with Gasteiger partial charge in [0, 0.05) is 19.5 Å². The number of carbonyl (C=O) groups excluding carboxylic acids is 3. The van der Waals surface area contributed by atoms with Crippen LogP contribution in [0.25, 0.3) is 10.4 Å². The number of rotatable bonds is 11. The molecule has 5 N–H and O–H groups in total. The molecule has 0 saturated carbocycles. The second-order valence-electron chi connectivity index (χ2n) is 11.2. The van der Waals surface area contributed by atoms with Crippen LogP contribution in [0.15, 0.2) is 29.8 Å². The van der Waals surface area contributed by atoms with E-state index in [1.165, 1.54) is 30.6 Å². The maximum Gasteiger partial charge on any atom is 0.243 e. The number of β-amino-alcohol motifs (C(OH)–C–C–N with tert-alkyl or cyclic N) is 1. The number of thiazole rings is 1. The summed E-state index contributed by atoms with van der Waals surface area (Å²) < 4.78 is 0. The van der Waals surface area contributed by atoms with Crippen molar-refractivity contribution in [3.8, 4) is 10.4 Å². The van der Waals surface area contributed by atoms with Crippen LogP contribution in [0.2, 0.25) is 0 Å². The molecule has 9 nitrogen and oxygen atoms in total. The number of amides is 3. The highest BCUT2D eigenvalue weighted by atomic mass is 32.1. The summed E-state index contributed by atoms with van der Waals surface area (Å²) in [6.45, 7) is 14.1. The molecule has 3 rings (SSSR count). The standard InChI is InChI=1S/C18H21N3O3S.C6H13NO.C6H15N/c1-11(20-18(24)16-7-15(23)8-21(16)10-22)13-3-5-14(6-4-13)17-12(2)19-9-25-17;1-6(2,3)4-7-5-8;1-2-3-4-5-6-7/h3-6,9-11,15-16,23H,7-8H2,1-2H3,(H,20,24);5H,4H2,1-3H3,(H,7,8);2-7H2,1H3/t11?,15-,16?;;/m1../s1. The van der Waals surface area contributed by atoms with Crippen LogP contribution < -0.4 is 16.4 Å². The van der Waals surface area contributed by atoms with Crippen LogP contribution >= 0.6 is 11.3 Å². The normalized spacial score (nSPS) is 17.1. The lowest BCUT2D eigenvalue weighted by molar-refractivity contribution is -0.131. The van der Waals surface area contributed by atoms with Crippen molar-refractivity contribution in [2.45, 2.75) is 91.8 Å². The number of aliphatic hydroxyl groups is 1. The summed E-state index contributed by atoms with van der Waals surface area (Å²) in [5.74, 6) is -0.237. The summed E-state index contributed by atoms with van der Waals surface area (Å²) >= 11 is 1.60. The Kier molecular flexibility index (Phi) is 16.3. The summed E-state index contributed by atoms with van der Waals surface area (Å²) in [4.78, 5) is 39.9. The largest absolute Gasteiger partial charge is 0.391 e. The van der Waals surface area contributed by atoms with E-state index in [2.05, 4.69) is 43.3 Å². The van der Waals surface area contributed by atoms with E-state index < -0.39 is 12.1 Å². The van der Waals surface area contributed by atoms with Gasteiger partial charge in [0.2, 0.25) is 18.7 Å². The lowest BCUT2D eigenvalue weighted by atomic mass is 9.97. The Labute approximate surface area is 243 Å². The van der Waals surface area contributed by atoms with Gasteiger partial charge >= 0.3 is 0 Å². The molecule has 1 fully saturated rings. The molecular weight excluding hydrogens is 526 g/mol. The van der Waals surface area contributed by atoms with Crippen molar-refractivity contribution < 1.29 is 19.5 Å². The Bertz CT molecular complexity index is 1000. The summed E-state index contributed by atoms with van der Waals surface area (Å²) in [5, 5.41) is 15.2. The fourth-order valence-corrected chi connectivity index (χ4v) is 4.84. The number of carbonyl (C=O) groups is 3. The van der Waals surface area contributed by atoms with E-state index in [1.807, 2.05) is 43.6 Å². The van der Waals surface area contributed by atoms with Gasteiger partial charge in [-0.2, -0.15) is 0 Å². The lowest BCUT2D eigenvalue weighted by Gasteiger charge is -2.22. The summed E-state index contributed by atoms with van der Waals surface area (Å²) in [6, 6.07) is 7.23. The minimum Gasteiger partial charge on any atom is -0.391 e. The van der Waals surface area contributed by atoms with Gasteiger partial charge in [0.05, 0.1) is 28.2 Å². The van der Waals surface area contributed by atoms with Crippen molar-refractivity contribution >= 4 is 30.1 Å². The smallest absolute Gasteiger partial charge is 0.243 e. The van der Waals surface area contributed by atoms with Crippen LogP contribution in [0.1, 0.15) is 84.0 Å². The minimum absolute atomic E-state index is 0.185. The number of hydrogen-bond donors (Lipinski definition) is 4. The summed E-state index contributed by atoms with van der Waals surface area (Å²) in [5.41, 5.74) is 10.4. The van der Waals surface area contributed by atoms with Gasteiger partial charge in [-0.25, -0.2) is 4.98 Å². The van der Waals surface area contributed by atoms with Gasteiger partial charge < -0.3 is 26.4 Å². The molecule has 1 aromatic carbocycles. The van der Waals surface area contributed by atoms with E-state index in [-0.39, 0.29) is 30.3 Å². The fourth-order valence-electron chi connectivity index (χ4n) is 4.03. The predicted molar refractivity (Wildman–Crippen MR) is 163 cm³/mol. The highest BCUT2D eigenvalue weighted by molar-refractivity contribution is 7.13. The molecule has 40 heavy (non-hydrogen) atoms. The van der Waals surface area contributed by atoms with E-state index in [4.69, 9.17) is 5.73 Å². The van der Waals surface area contributed by atoms with Gasteiger partial charge in [0.15, 0.2) is 0 Å². The number of nitrogens with one attached hydrogen (secondary N) is 2. The van der Waals surface area contributed by atoms with Crippen molar-refractivity contribution in [1.82, 2.24) is 20.5 Å². The van der Waals surface area contributed by atoms with Crippen LogP contribution in [-0.2, 0) is 14.4 Å². The molecule has 10 heteroatoms. The second kappa shape index (κ2) is 18.5. The number of aryl methyl sites for hydroxylation is 1. The van der Waals surface area contributed by atoms with Gasteiger partial charge in [0.25, 0.3) is 0 Å². The van der Waals surface area contributed by atoms with Crippen LogP contribution in [0.3, 0.4) is 0 Å². The number of aliphatic hydroxyl groups excluding tert-OH is 1. The third-order valence-corrected chi connectivity index (χ3v) is 7.28. The van der Waals surface area contributed by atoms with E-state index in [0.29, 0.717) is 6.41 Å². The first-order valence-electron chi connectivity index (χ1n) is 14.0. The first-order valence-corrected chi connectivity index (χ1v) is 14.9. The van der Waals surface area contributed by atoms with Crippen molar-refractivity contribution in [1.29, 1.82) is 0 Å². The van der Waals surface area contributed by atoms with E-state index in [9.17, 15) is 19.5 Å². The number of unbranched alkanes of at least 4 members (excludes halogenated alkanes) is 3. The Balaban J connectivity index is 0.000000440. The number of nitrogens with two attached hydrogens (primary N) is 1. The van der Waals surface area contributed by atoms with Gasteiger partial charge in [-0.1, -0.05) is 71.2 Å². The molecule has 1 aliphatic rings. The zero-order valence-electron chi connectivity index (χ0n) is 25.0. The van der Waals surface area contributed by atoms with Crippen molar-refractivity contribution in [2.75, 3.05) is 19.6 Å². The lowest BCUT2D eigenvalue weighted by Crippen LogP contribution is -2.43. The summed E-state index contributed by atoms with van der Waals surface area (Å²) in [7, 11) is 0. The molecule has 3 amide bonds. The van der Waals surface area contributed by atoms with E-state index >= 15 is 0 Å². The topological polar surface area (TPSA) is 138 Å². The molecule has 1 aliphatic heterocycles. The van der Waals surface area contributed by atoms with Gasteiger partial charge in [-0.05, 0) is 43.4 Å². The average molecular weight is 576 g/mol. The highest BCUT2D eigenvalue weighted by Crippen LogP contribution is 2.28. The van der Waals surface area contributed by atoms with Gasteiger partial charge in [-0.15, -0.1) is 11.3 Å². The molecule has 2 unspecified atom stereocenters. The predicted octanol–water partition coefficient (Wildman–Crippen LogP) is 4.19. The first kappa shape index (κ1) is 35.2. The van der Waals surface area contributed by atoms with Crippen LogP contribution in [0.5, 0.6) is 0 Å². The van der Waals surface area contributed by atoms with Gasteiger partial charge in [0.1, 0.15) is 6.04 Å². The fraction of sp³-hybridized carbons (Fsp3) is 0.600. The third-order valence-electron chi connectivity index (χ3n) is 6.31. The van der Waals surface area contributed by atoms with Crippen LogP contribution in [0.4, 0.5) is 0 Å². The number of nitrogens with zero attached hydrogens (tertiary/aromatic N) is 2. The molecular formula is C30H49N5O4S.